The third-order valence-corrected chi connectivity index (χ3v) is 9.66. The van der Waals surface area contributed by atoms with Gasteiger partial charge in [-0.2, -0.15) is 0 Å². The van der Waals surface area contributed by atoms with Crippen molar-refractivity contribution in [3.8, 4) is 0 Å². The van der Waals surface area contributed by atoms with Crippen LogP contribution in [-0.4, -0.2) is 80.8 Å². The summed E-state index contributed by atoms with van der Waals surface area (Å²) >= 11 is 0. The fourth-order valence-corrected chi connectivity index (χ4v) is 6.67. The van der Waals surface area contributed by atoms with Crippen LogP contribution < -0.4 is 15.9 Å². The largest absolute Gasteiger partial charge is 0.445 e. The first kappa shape index (κ1) is 39.9. The number of ether oxygens (including phenoxy) is 2. The van der Waals surface area contributed by atoms with Crippen molar-refractivity contribution in [1.82, 2.24) is 15.5 Å². The molecule has 1 saturated heterocycles. The highest BCUT2D eigenvalue weighted by Gasteiger charge is 2.32. The number of amides is 2. The Morgan fingerprint density at radius 2 is 1.41 bits per heavy atom. The van der Waals surface area contributed by atoms with E-state index in [1.54, 1.807) is 30.3 Å². The van der Waals surface area contributed by atoms with Crippen molar-refractivity contribution in [2.45, 2.75) is 45.4 Å². The van der Waals surface area contributed by atoms with Gasteiger partial charge in [-0.3, -0.25) is 23.6 Å². The lowest BCUT2D eigenvalue weighted by Gasteiger charge is -2.27. The number of hydrogen-bond donors (Lipinski definition) is 2. The molecule has 1 heterocycles. The molecule has 3 aromatic rings. The molecular weight excluding hydrogens is 669 g/mol. The van der Waals surface area contributed by atoms with Crippen LogP contribution in [0, 0.1) is 5.92 Å². The predicted molar refractivity (Wildman–Crippen MR) is 190 cm³/mol. The number of carbonyl (C=O) groups excluding carboxylic acids is 3. The molecule has 2 N–H and O–H groups in total. The van der Waals surface area contributed by atoms with Gasteiger partial charge in [0.25, 0.3) is 0 Å². The number of hydrogen-bond acceptors (Lipinski definition) is 9. The van der Waals surface area contributed by atoms with Crippen LogP contribution in [-0.2, 0) is 45.7 Å². The Balaban J connectivity index is 0.00000650. The third kappa shape index (κ3) is 13.7. The molecule has 266 valence electrons. The standard InChI is InChI=1S/C36H46N3O8P.ClH/c1-28(2)24-33(38-36(42)45-26-30-14-8-4-9-15-30)35(41)37-32(25-29-12-6-3-7-13-29)34(40)27-47-48(43,31-16-10-5-11-17-31)46-23-20-39-18-21-44-22-19-39;/h3-17,28,32-33H,18-27H2,1-2H3,(H,37,41)(H,38,42);1H/t32-,33-,48?;/m0./s1. The Hall–Kier alpha value is -3.57. The van der Waals surface area contributed by atoms with Crippen molar-refractivity contribution < 1.29 is 37.5 Å². The maximum atomic E-state index is 14.1. The Kier molecular flexibility index (Phi) is 16.9. The smallest absolute Gasteiger partial charge is 0.408 e. The van der Waals surface area contributed by atoms with E-state index in [9.17, 15) is 18.9 Å². The molecule has 1 unspecified atom stereocenters. The van der Waals surface area contributed by atoms with E-state index in [4.69, 9.17) is 18.5 Å². The number of ketones is 1. The molecule has 4 rings (SSSR count). The molecule has 11 nitrogen and oxygen atoms in total. The summed E-state index contributed by atoms with van der Waals surface area (Å²) in [5.74, 6) is -0.981. The molecular formula is C36H47ClN3O8P. The molecule has 0 aromatic heterocycles. The maximum Gasteiger partial charge on any atom is 0.408 e. The molecule has 1 aliphatic rings. The van der Waals surface area contributed by atoms with Gasteiger partial charge in [0, 0.05) is 19.6 Å². The number of Topliss-reactive ketones (excluding diaryl/α,β-unsaturated/α-hetero) is 1. The summed E-state index contributed by atoms with van der Waals surface area (Å²) in [7, 11) is -3.90. The zero-order chi connectivity index (χ0) is 34.2. The topological polar surface area (TPSA) is 132 Å². The van der Waals surface area contributed by atoms with Gasteiger partial charge in [0.05, 0.1) is 31.2 Å². The minimum atomic E-state index is -3.90. The van der Waals surface area contributed by atoms with Gasteiger partial charge in [0.1, 0.15) is 19.3 Å². The summed E-state index contributed by atoms with van der Waals surface area (Å²) in [6.07, 6.45) is -0.267. The molecule has 3 atom stereocenters. The van der Waals surface area contributed by atoms with E-state index in [2.05, 4.69) is 15.5 Å². The number of rotatable bonds is 18. The second-order valence-electron chi connectivity index (χ2n) is 12.0. The number of halogens is 1. The minimum Gasteiger partial charge on any atom is -0.445 e. The Labute approximate surface area is 295 Å². The summed E-state index contributed by atoms with van der Waals surface area (Å²) in [6, 6.07) is 25.0. The van der Waals surface area contributed by atoms with Crippen LogP contribution in [0.5, 0.6) is 0 Å². The SMILES string of the molecule is CC(C)C[C@H](NC(=O)OCc1ccccc1)C(=O)N[C@@H](Cc1ccccc1)C(=O)COP(=O)(OCCN1CCOCC1)c1ccccc1.Cl. The van der Waals surface area contributed by atoms with Gasteiger partial charge in [0.2, 0.25) is 5.91 Å². The average Bonchev–Trinajstić information content (AvgIpc) is 3.10. The van der Waals surface area contributed by atoms with Gasteiger partial charge in [-0.05, 0) is 42.0 Å². The molecule has 49 heavy (non-hydrogen) atoms. The van der Waals surface area contributed by atoms with Crippen LogP contribution in [0.4, 0.5) is 4.79 Å². The summed E-state index contributed by atoms with van der Waals surface area (Å²) in [5, 5.41) is 5.82. The molecule has 0 radical (unpaired) electrons. The quantitative estimate of drug-likeness (QED) is 0.176. The predicted octanol–water partition coefficient (Wildman–Crippen LogP) is 4.93. The lowest BCUT2D eigenvalue weighted by atomic mass is 10.00. The van der Waals surface area contributed by atoms with Crippen molar-refractivity contribution in [2.24, 2.45) is 5.92 Å². The van der Waals surface area contributed by atoms with E-state index in [0.717, 1.165) is 24.2 Å². The highest BCUT2D eigenvalue weighted by atomic mass is 35.5. The van der Waals surface area contributed by atoms with Gasteiger partial charge in [-0.15, -0.1) is 12.4 Å². The van der Waals surface area contributed by atoms with Crippen LogP contribution in [0.1, 0.15) is 31.4 Å². The summed E-state index contributed by atoms with van der Waals surface area (Å²) in [4.78, 5) is 42.2. The van der Waals surface area contributed by atoms with E-state index in [1.165, 1.54) is 0 Å². The van der Waals surface area contributed by atoms with Gasteiger partial charge in [-0.25, -0.2) is 4.79 Å². The third-order valence-electron chi connectivity index (χ3n) is 7.74. The molecule has 0 bridgehead atoms. The number of morpholine rings is 1. The van der Waals surface area contributed by atoms with Gasteiger partial charge < -0.3 is 24.6 Å². The molecule has 0 aliphatic carbocycles. The van der Waals surface area contributed by atoms with Crippen LogP contribution in [0.25, 0.3) is 0 Å². The van der Waals surface area contributed by atoms with Crippen molar-refractivity contribution in [1.29, 1.82) is 0 Å². The first-order chi connectivity index (χ1) is 23.2. The van der Waals surface area contributed by atoms with Gasteiger partial charge in [0.15, 0.2) is 5.78 Å². The molecule has 0 spiro atoms. The lowest BCUT2D eigenvalue weighted by molar-refractivity contribution is -0.130. The molecule has 1 aliphatic heterocycles. The monoisotopic (exact) mass is 715 g/mol. The highest BCUT2D eigenvalue weighted by Crippen LogP contribution is 2.46. The summed E-state index contributed by atoms with van der Waals surface area (Å²) < 4.78 is 36.6. The number of benzene rings is 3. The van der Waals surface area contributed by atoms with E-state index in [0.29, 0.717) is 31.5 Å². The minimum absolute atomic E-state index is 0. The van der Waals surface area contributed by atoms with E-state index >= 15 is 0 Å². The van der Waals surface area contributed by atoms with Gasteiger partial charge >= 0.3 is 13.7 Å². The van der Waals surface area contributed by atoms with Gasteiger partial charge in [-0.1, -0.05) is 92.7 Å². The number of carbonyl (C=O) groups is 3. The molecule has 0 saturated carbocycles. The maximum absolute atomic E-state index is 14.1. The first-order valence-corrected chi connectivity index (χ1v) is 17.8. The van der Waals surface area contributed by atoms with Crippen LogP contribution in [0.3, 0.4) is 0 Å². The second-order valence-corrected chi connectivity index (χ2v) is 14.0. The van der Waals surface area contributed by atoms with Crippen LogP contribution in [0.15, 0.2) is 91.0 Å². The zero-order valence-electron chi connectivity index (χ0n) is 28.0. The summed E-state index contributed by atoms with van der Waals surface area (Å²) in [5.41, 5.74) is 1.61. The highest BCUT2D eigenvalue weighted by molar-refractivity contribution is 7.62. The number of nitrogens with zero attached hydrogens (tertiary/aromatic N) is 1. The van der Waals surface area contributed by atoms with Crippen molar-refractivity contribution in [2.75, 3.05) is 46.1 Å². The van der Waals surface area contributed by atoms with Crippen molar-refractivity contribution >= 4 is 43.1 Å². The lowest BCUT2D eigenvalue weighted by Crippen LogP contribution is -2.53. The second kappa shape index (κ2) is 20.8. The number of nitrogens with one attached hydrogen (secondary N) is 2. The molecule has 13 heteroatoms. The fourth-order valence-electron chi connectivity index (χ4n) is 5.14. The Morgan fingerprint density at radius 3 is 2.02 bits per heavy atom. The number of alkyl carbamates (subject to hydrolysis) is 1. The Morgan fingerprint density at radius 1 is 0.816 bits per heavy atom. The molecule has 2 amide bonds. The zero-order valence-corrected chi connectivity index (χ0v) is 29.7. The fraction of sp³-hybridized carbons (Fsp3) is 0.417. The van der Waals surface area contributed by atoms with E-state index in [1.807, 2.05) is 74.5 Å². The van der Waals surface area contributed by atoms with E-state index in [-0.39, 0.29) is 38.0 Å². The van der Waals surface area contributed by atoms with Crippen molar-refractivity contribution in [3.63, 3.8) is 0 Å². The molecule has 1 fully saturated rings. The van der Waals surface area contributed by atoms with Crippen LogP contribution >= 0.6 is 20.0 Å². The van der Waals surface area contributed by atoms with Crippen LogP contribution in [0.2, 0.25) is 0 Å². The average molecular weight is 716 g/mol. The van der Waals surface area contributed by atoms with Crippen molar-refractivity contribution in [3.05, 3.63) is 102 Å². The first-order valence-electron chi connectivity index (χ1n) is 16.3. The summed E-state index contributed by atoms with van der Waals surface area (Å²) in [6.45, 7) is 6.74. The normalized spacial score (nSPS) is 15.7. The Bertz CT molecular complexity index is 1480. The molecule has 3 aromatic carbocycles. The van der Waals surface area contributed by atoms with E-state index < -0.39 is 44.1 Å².